The van der Waals surface area contributed by atoms with Crippen molar-refractivity contribution in [2.45, 2.75) is 60.3 Å². The van der Waals surface area contributed by atoms with Crippen molar-refractivity contribution in [3.8, 4) is 0 Å². The summed E-state index contributed by atoms with van der Waals surface area (Å²) in [5, 5.41) is 0. The maximum Gasteiger partial charge on any atom is -0.0274 e. The van der Waals surface area contributed by atoms with E-state index in [4.69, 9.17) is 0 Å². The smallest absolute Gasteiger partial charge is 0.0274 e. The van der Waals surface area contributed by atoms with Gasteiger partial charge in [0.05, 0.1) is 0 Å². The van der Waals surface area contributed by atoms with Gasteiger partial charge in [-0.15, -0.1) is 0 Å². The maximum atomic E-state index is 2.26. The Morgan fingerprint density at radius 1 is 1.07 bits per heavy atom. The van der Waals surface area contributed by atoms with E-state index in [1.807, 2.05) is 13.8 Å². The molecule has 0 atom stereocenters. The second-order valence-corrected chi connectivity index (χ2v) is 3.67. The summed E-state index contributed by atoms with van der Waals surface area (Å²) in [5.41, 5.74) is 4.59. The van der Waals surface area contributed by atoms with Crippen molar-refractivity contribution in [3.05, 3.63) is 34.9 Å². The minimum Gasteiger partial charge on any atom is -0.0683 e. The lowest BCUT2D eigenvalue weighted by Crippen LogP contribution is -1.96. The van der Waals surface area contributed by atoms with Crippen molar-refractivity contribution in [1.82, 2.24) is 0 Å². The highest BCUT2D eigenvalue weighted by molar-refractivity contribution is 5.34. The van der Waals surface area contributed by atoms with Crippen molar-refractivity contribution < 1.29 is 0 Å². The van der Waals surface area contributed by atoms with Crippen LogP contribution in [0.1, 0.15) is 57.2 Å². The molecule has 0 unspecified atom stereocenters. The van der Waals surface area contributed by atoms with Crippen molar-refractivity contribution in [2.24, 2.45) is 0 Å². The predicted octanol–water partition coefficient (Wildman–Crippen LogP) is 4.93. The minimum atomic E-state index is 1.17. The molecule has 86 valence electrons. The van der Waals surface area contributed by atoms with Crippen LogP contribution in [0.5, 0.6) is 0 Å². The lowest BCUT2D eigenvalue weighted by Gasteiger charge is -2.10. The Bertz CT molecular complexity index is 261. The normalized spacial score (nSPS) is 9.40. The van der Waals surface area contributed by atoms with Gasteiger partial charge < -0.3 is 0 Å². The zero-order valence-electron chi connectivity index (χ0n) is 11.1. The summed E-state index contributed by atoms with van der Waals surface area (Å²) in [7, 11) is 0. The molecule has 0 radical (unpaired) electrons. The molecule has 0 heterocycles. The second-order valence-electron chi connectivity index (χ2n) is 3.67. The van der Waals surface area contributed by atoms with E-state index in [0.717, 1.165) is 0 Å². The average molecular weight is 206 g/mol. The van der Waals surface area contributed by atoms with Gasteiger partial charge in [-0.25, -0.2) is 0 Å². The molecule has 0 spiro atoms. The molecule has 0 N–H and O–H groups in total. The number of unbranched alkanes of at least 4 members (excludes halogenated alkanes) is 1. The van der Waals surface area contributed by atoms with Gasteiger partial charge >= 0.3 is 0 Å². The molecule has 0 aliphatic carbocycles. The van der Waals surface area contributed by atoms with Crippen molar-refractivity contribution >= 4 is 0 Å². The fourth-order valence-electron chi connectivity index (χ4n) is 1.81. The van der Waals surface area contributed by atoms with Gasteiger partial charge in [0.25, 0.3) is 0 Å². The minimum absolute atomic E-state index is 1.17. The lowest BCUT2D eigenvalue weighted by atomic mass is 9.96. The summed E-state index contributed by atoms with van der Waals surface area (Å²) in [6.45, 7) is 10.7. The Morgan fingerprint density at radius 2 is 1.73 bits per heavy atom. The third kappa shape index (κ3) is 4.51. The van der Waals surface area contributed by atoms with Crippen LogP contribution in [-0.4, -0.2) is 0 Å². The maximum absolute atomic E-state index is 2.26. The van der Waals surface area contributed by atoms with Gasteiger partial charge in [0.15, 0.2) is 0 Å². The number of hydrogen-bond donors (Lipinski definition) is 0. The molecule has 0 aliphatic rings. The Labute approximate surface area is 95.7 Å². The highest BCUT2D eigenvalue weighted by Gasteiger charge is 2.02. The van der Waals surface area contributed by atoms with Crippen LogP contribution in [0.3, 0.4) is 0 Å². The molecule has 0 amide bonds. The monoisotopic (exact) mass is 206 g/mol. The summed E-state index contributed by atoms with van der Waals surface area (Å²) in [4.78, 5) is 0. The van der Waals surface area contributed by atoms with E-state index in [1.54, 1.807) is 5.56 Å². The zero-order valence-corrected chi connectivity index (χ0v) is 11.1. The van der Waals surface area contributed by atoms with Gasteiger partial charge in [0.1, 0.15) is 0 Å². The van der Waals surface area contributed by atoms with E-state index in [9.17, 15) is 0 Å². The Morgan fingerprint density at radius 3 is 2.27 bits per heavy atom. The van der Waals surface area contributed by atoms with Gasteiger partial charge in [-0.3, -0.25) is 0 Å². The fraction of sp³-hybridized carbons (Fsp3) is 0.600. The van der Waals surface area contributed by atoms with E-state index in [2.05, 4.69) is 39.0 Å². The van der Waals surface area contributed by atoms with Gasteiger partial charge in [0.2, 0.25) is 0 Å². The molecule has 0 saturated heterocycles. The zero-order chi connectivity index (χ0) is 11.7. The molecular formula is C15H26. The van der Waals surface area contributed by atoms with Gasteiger partial charge in [-0.1, -0.05) is 52.3 Å². The Kier molecular flexibility index (Phi) is 8.08. The van der Waals surface area contributed by atoms with Crippen LogP contribution in [0.25, 0.3) is 0 Å². The summed E-state index contributed by atoms with van der Waals surface area (Å²) in [5.74, 6) is 0. The van der Waals surface area contributed by atoms with Crippen LogP contribution in [0, 0.1) is 6.92 Å². The van der Waals surface area contributed by atoms with Crippen molar-refractivity contribution in [3.63, 3.8) is 0 Å². The van der Waals surface area contributed by atoms with Crippen LogP contribution in [-0.2, 0) is 12.8 Å². The van der Waals surface area contributed by atoms with E-state index in [1.165, 1.54) is 36.8 Å². The number of aryl methyl sites for hydroxylation is 2. The SMILES string of the molecule is CC.CCCCc1c(C)cccc1CC. The van der Waals surface area contributed by atoms with Crippen LogP contribution < -0.4 is 0 Å². The first kappa shape index (κ1) is 14.2. The molecule has 15 heavy (non-hydrogen) atoms. The predicted molar refractivity (Wildman–Crippen MR) is 70.5 cm³/mol. The van der Waals surface area contributed by atoms with Crippen molar-refractivity contribution in [1.29, 1.82) is 0 Å². The first-order chi connectivity index (χ1) is 7.29. The topological polar surface area (TPSA) is 0 Å². The fourth-order valence-corrected chi connectivity index (χ4v) is 1.81. The van der Waals surface area contributed by atoms with E-state index >= 15 is 0 Å². The van der Waals surface area contributed by atoms with E-state index < -0.39 is 0 Å². The first-order valence-electron chi connectivity index (χ1n) is 6.37. The third-order valence-electron chi connectivity index (χ3n) is 2.67. The second kappa shape index (κ2) is 8.52. The third-order valence-corrected chi connectivity index (χ3v) is 2.67. The molecule has 0 nitrogen and oxygen atoms in total. The summed E-state index contributed by atoms with van der Waals surface area (Å²) in [6.07, 6.45) is 5.03. The van der Waals surface area contributed by atoms with Gasteiger partial charge in [-0.2, -0.15) is 0 Å². The first-order valence-corrected chi connectivity index (χ1v) is 6.37. The van der Waals surface area contributed by atoms with Crippen LogP contribution in [0.15, 0.2) is 18.2 Å². The summed E-state index contributed by atoms with van der Waals surface area (Å²) >= 11 is 0. The highest BCUT2D eigenvalue weighted by atomic mass is 14.1. The van der Waals surface area contributed by atoms with E-state index in [-0.39, 0.29) is 0 Å². The largest absolute Gasteiger partial charge is 0.0683 e. The molecule has 0 aliphatic heterocycles. The molecule has 1 aromatic carbocycles. The summed E-state index contributed by atoms with van der Waals surface area (Å²) in [6, 6.07) is 6.66. The van der Waals surface area contributed by atoms with Gasteiger partial charge in [0, 0.05) is 0 Å². The molecule has 0 bridgehead atoms. The quantitative estimate of drug-likeness (QED) is 0.655. The van der Waals surface area contributed by atoms with Gasteiger partial charge in [-0.05, 0) is 42.9 Å². The molecule has 1 aromatic rings. The Balaban J connectivity index is 0.000000921. The van der Waals surface area contributed by atoms with Crippen LogP contribution >= 0.6 is 0 Å². The number of benzene rings is 1. The molecule has 0 heteroatoms. The molecule has 1 rings (SSSR count). The number of hydrogen-bond acceptors (Lipinski definition) is 0. The number of rotatable bonds is 4. The lowest BCUT2D eigenvalue weighted by molar-refractivity contribution is 0.783. The Hall–Kier alpha value is -0.780. The van der Waals surface area contributed by atoms with Crippen molar-refractivity contribution in [2.75, 3.05) is 0 Å². The molecule has 0 fully saturated rings. The molecule has 0 aromatic heterocycles. The summed E-state index contributed by atoms with van der Waals surface area (Å²) < 4.78 is 0. The molecular weight excluding hydrogens is 180 g/mol. The van der Waals surface area contributed by atoms with Crippen LogP contribution in [0.2, 0.25) is 0 Å². The standard InChI is InChI=1S/C13H20.C2H6/c1-4-6-10-13-11(3)8-7-9-12(13)5-2;1-2/h7-9H,4-6,10H2,1-3H3;1-2H3. The average Bonchev–Trinajstić information content (AvgIpc) is 2.30. The van der Waals surface area contributed by atoms with Crippen LogP contribution in [0.4, 0.5) is 0 Å². The highest BCUT2D eigenvalue weighted by Crippen LogP contribution is 2.17. The van der Waals surface area contributed by atoms with E-state index in [0.29, 0.717) is 0 Å². The molecule has 0 saturated carbocycles.